The van der Waals surface area contributed by atoms with Crippen LogP contribution in [-0.4, -0.2) is 48.2 Å². The predicted octanol–water partition coefficient (Wildman–Crippen LogP) is 4.09. The third-order valence-electron chi connectivity index (χ3n) is 5.38. The van der Waals surface area contributed by atoms with Crippen molar-refractivity contribution in [1.82, 2.24) is 9.88 Å². The number of hydrogen-bond donors (Lipinski definition) is 0. The third kappa shape index (κ3) is 3.07. The van der Waals surface area contributed by atoms with Gasteiger partial charge < -0.3 is 19.1 Å². The maximum Gasteiger partial charge on any atom is 0.164 e. The molecule has 1 aromatic heterocycles. The van der Waals surface area contributed by atoms with Gasteiger partial charge in [0.1, 0.15) is 11.8 Å². The van der Waals surface area contributed by atoms with Crippen molar-refractivity contribution < 1.29 is 14.2 Å². The topological polar surface area (TPSA) is 56.2 Å². The van der Waals surface area contributed by atoms with Gasteiger partial charge in [0.25, 0.3) is 0 Å². The van der Waals surface area contributed by atoms with Crippen LogP contribution in [0.25, 0.3) is 0 Å². The molecule has 0 saturated carbocycles. The van der Waals surface area contributed by atoms with Gasteiger partial charge >= 0.3 is 0 Å². The Bertz CT molecular complexity index is 875. The Kier molecular flexibility index (Phi) is 5.35. The summed E-state index contributed by atoms with van der Waals surface area (Å²) in [5.74, 6) is 3.16. The first kappa shape index (κ1) is 18.9. The van der Waals surface area contributed by atoms with Crippen LogP contribution in [0.15, 0.2) is 41.5 Å². The number of thioether (sulfide) groups is 1. The summed E-state index contributed by atoms with van der Waals surface area (Å²) in [5.41, 5.74) is 2.00. The van der Waals surface area contributed by atoms with Crippen LogP contribution in [0.5, 0.6) is 17.2 Å². The summed E-state index contributed by atoms with van der Waals surface area (Å²) >= 11 is 1.82. The van der Waals surface area contributed by atoms with Crippen molar-refractivity contribution in [1.29, 1.82) is 0 Å². The largest absolute Gasteiger partial charge is 0.496 e. The molecule has 148 valence electrons. The molecule has 0 unspecified atom stereocenters. The fraction of sp³-hybridized carbons (Fsp3) is 0.429. The van der Waals surface area contributed by atoms with Crippen molar-refractivity contribution in [3.8, 4) is 17.2 Å². The maximum atomic E-state index is 5.76. The van der Waals surface area contributed by atoms with Crippen LogP contribution in [0, 0.1) is 0 Å². The van der Waals surface area contributed by atoms with Gasteiger partial charge in [0.2, 0.25) is 0 Å². The van der Waals surface area contributed by atoms with Gasteiger partial charge in [-0.15, -0.1) is 0 Å². The summed E-state index contributed by atoms with van der Waals surface area (Å²) in [5, 5.41) is 1.09. The van der Waals surface area contributed by atoms with E-state index >= 15 is 0 Å². The second-order valence-electron chi connectivity index (χ2n) is 6.79. The van der Waals surface area contributed by atoms with Gasteiger partial charge in [0, 0.05) is 29.6 Å². The second kappa shape index (κ2) is 7.91. The van der Waals surface area contributed by atoms with Gasteiger partial charge in [0.05, 0.1) is 33.1 Å². The zero-order valence-corrected chi connectivity index (χ0v) is 17.4. The summed E-state index contributed by atoms with van der Waals surface area (Å²) in [4.78, 5) is 12.1. The number of aliphatic imine (C=N–C) groups is 1. The molecule has 0 spiro atoms. The van der Waals surface area contributed by atoms with E-state index in [2.05, 4.69) is 16.8 Å². The highest BCUT2D eigenvalue weighted by Gasteiger charge is 2.46. The molecule has 0 aliphatic carbocycles. The highest BCUT2D eigenvalue weighted by molar-refractivity contribution is 8.14. The Balaban J connectivity index is 1.87. The minimum atomic E-state index is -0.0925. The second-order valence-corrected chi connectivity index (χ2v) is 7.77. The number of nitrogens with zero attached hydrogens (tertiary/aromatic N) is 3. The standard InChI is InChI=1S/C21H25N3O3S/c1-5-13-12-28-21-23-19(15-8-6-7-9-22-15)20(24(13)21)14-10-17(26-3)18(27-4)11-16(14)25-2/h6-11,13,19-20H,5,12H2,1-4H3/t13-,19+,20-/m1/s1. The van der Waals surface area contributed by atoms with Crippen LogP contribution in [0.4, 0.5) is 0 Å². The number of fused-ring (bicyclic) bond motifs is 1. The number of aromatic nitrogens is 1. The fourth-order valence-electron chi connectivity index (χ4n) is 3.97. The lowest BCUT2D eigenvalue weighted by molar-refractivity contribution is 0.247. The lowest BCUT2D eigenvalue weighted by atomic mass is 9.94. The van der Waals surface area contributed by atoms with Crippen LogP contribution in [0.2, 0.25) is 0 Å². The van der Waals surface area contributed by atoms with Crippen molar-refractivity contribution in [3.63, 3.8) is 0 Å². The first-order chi connectivity index (χ1) is 13.7. The minimum absolute atomic E-state index is 0.000365. The molecule has 0 amide bonds. The van der Waals surface area contributed by atoms with Crippen LogP contribution < -0.4 is 14.2 Å². The van der Waals surface area contributed by atoms with E-state index in [1.54, 1.807) is 21.3 Å². The van der Waals surface area contributed by atoms with Crippen molar-refractivity contribution in [2.45, 2.75) is 31.5 Å². The Hall–Kier alpha value is -2.41. The quantitative estimate of drug-likeness (QED) is 0.729. The molecule has 1 aromatic carbocycles. The molecule has 3 heterocycles. The molecule has 6 nitrogen and oxygen atoms in total. The number of rotatable bonds is 6. The average Bonchev–Trinajstić information content (AvgIpc) is 3.32. The number of amidine groups is 1. The molecule has 1 saturated heterocycles. The van der Waals surface area contributed by atoms with Crippen LogP contribution in [0.1, 0.15) is 36.7 Å². The predicted molar refractivity (Wildman–Crippen MR) is 112 cm³/mol. The van der Waals surface area contributed by atoms with Crippen molar-refractivity contribution in [3.05, 3.63) is 47.8 Å². The smallest absolute Gasteiger partial charge is 0.164 e. The molecule has 2 aliphatic heterocycles. The summed E-state index contributed by atoms with van der Waals surface area (Å²) in [6, 6.07) is 10.2. The zero-order valence-electron chi connectivity index (χ0n) is 16.6. The molecule has 4 rings (SSSR count). The zero-order chi connectivity index (χ0) is 19.7. The lowest BCUT2D eigenvalue weighted by Crippen LogP contribution is -2.35. The van der Waals surface area contributed by atoms with Crippen LogP contribution in [0.3, 0.4) is 0 Å². The molecule has 2 aliphatic rings. The van der Waals surface area contributed by atoms with Gasteiger partial charge in [-0.3, -0.25) is 9.98 Å². The van der Waals surface area contributed by atoms with Crippen molar-refractivity contribution in [2.24, 2.45) is 4.99 Å². The van der Waals surface area contributed by atoms with E-state index in [1.807, 2.05) is 48.3 Å². The molecule has 28 heavy (non-hydrogen) atoms. The molecular formula is C21H25N3O3S. The summed E-state index contributed by atoms with van der Waals surface area (Å²) in [6.07, 6.45) is 2.89. The van der Waals surface area contributed by atoms with E-state index in [0.717, 1.165) is 34.3 Å². The monoisotopic (exact) mass is 399 g/mol. The molecule has 7 heteroatoms. The molecule has 0 radical (unpaired) electrons. The maximum absolute atomic E-state index is 5.76. The van der Waals surface area contributed by atoms with Crippen molar-refractivity contribution >= 4 is 16.9 Å². The van der Waals surface area contributed by atoms with Gasteiger partial charge in [-0.1, -0.05) is 24.8 Å². The SMILES string of the molecule is CC[C@@H]1CSC2=N[C@@H](c3ccccn3)[C@@H](c3cc(OC)c(OC)cc3OC)N21. The lowest BCUT2D eigenvalue weighted by Gasteiger charge is -2.33. The fourth-order valence-corrected chi connectivity index (χ4v) is 5.31. The number of hydrogen-bond acceptors (Lipinski definition) is 7. The number of ether oxygens (including phenoxy) is 3. The molecule has 3 atom stereocenters. The average molecular weight is 400 g/mol. The number of methoxy groups -OCH3 is 3. The summed E-state index contributed by atoms with van der Waals surface area (Å²) in [6.45, 7) is 2.23. The van der Waals surface area contributed by atoms with Gasteiger partial charge in [-0.05, 0) is 24.6 Å². The van der Waals surface area contributed by atoms with Crippen LogP contribution >= 0.6 is 11.8 Å². The molecule has 2 aromatic rings. The highest BCUT2D eigenvalue weighted by atomic mass is 32.2. The van der Waals surface area contributed by atoms with E-state index in [9.17, 15) is 0 Å². The molecule has 0 bridgehead atoms. The van der Waals surface area contributed by atoms with Crippen molar-refractivity contribution in [2.75, 3.05) is 27.1 Å². The minimum Gasteiger partial charge on any atom is -0.496 e. The Morgan fingerprint density at radius 1 is 1.07 bits per heavy atom. The highest BCUT2D eigenvalue weighted by Crippen LogP contribution is 2.52. The van der Waals surface area contributed by atoms with Gasteiger partial charge in [-0.2, -0.15) is 0 Å². The van der Waals surface area contributed by atoms with E-state index in [1.165, 1.54) is 0 Å². The Morgan fingerprint density at radius 2 is 1.82 bits per heavy atom. The summed E-state index contributed by atoms with van der Waals surface area (Å²) < 4.78 is 16.8. The normalized spacial score (nSPS) is 23.4. The first-order valence-electron chi connectivity index (χ1n) is 9.41. The van der Waals surface area contributed by atoms with E-state index < -0.39 is 0 Å². The first-order valence-corrected chi connectivity index (χ1v) is 10.4. The third-order valence-corrected chi connectivity index (χ3v) is 6.51. The molecular weight excluding hydrogens is 374 g/mol. The van der Waals surface area contributed by atoms with E-state index in [4.69, 9.17) is 19.2 Å². The molecule has 0 N–H and O–H groups in total. The van der Waals surface area contributed by atoms with E-state index in [-0.39, 0.29) is 12.1 Å². The Labute approximate surface area is 169 Å². The van der Waals surface area contributed by atoms with E-state index in [0.29, 0.717) is 17.5 Å². The number of pyridine rings is 1. The van der Waals surface area contributed by atoms with Gasteiger partial charge in [0.15, 0.2) is 16.7 Å². The van der Waals surface area contributed by atoms with Crippen LogP contribution in [-0.2, 0) is 0 Å². The number of benzene rings is 1. The summed E-state index contributed by atoms with van der Waals surface area (Å²) in [7, 11) is 4.98. The Morgan fingerprint density at radius 3 is 2.46 bits per heavy atom. The molecule has 1 fully saturated rings. The van der Waals surface area contributed by atoms with Gasteiger partial charge in [-0.25, -0.2) is 0 Å².